The minimum atomic E-state index is -3.37. The minimum absolute atomic E-state index is 0.117. The summed E-state index contributed by atoms with van der Waals surface area (Å²) in [5, 5.41) is 9.01. The molecular formula is C15H15NO5S. The lowest BCUT2D eigenvalue weighted by Gasteiger charge is -2.11. The van der Waals surface area contributed by atoms with Gasteiger partial charge in [0.2, 0.25) is 10.0 Å². The predicted octanol–water partition coefficient (Wildman–Crippen LogP) is 2.43. The Bertz CT molecular complexity index is 814. The van der Waals surface area contributed by atoms with Crippen molar-refractivity contribution in [2.75, 3.05) is 18.1 Å². The van der Waals surface area contributed by atoms with E-state index in [0.29, 0.717) is 22.6 Å². The summed E-state index contributed by atoms with van der Waals surface area (Å²) in [6.07, 6.45) is 1.07. The van der Waals surface area contributed by atoms with Crippen LogP contribution in [0.3, 0.4) is 0 Å². The lowest BCUT2D eigenvalue weighted by Crippen LogP contribution is -2.09. The van der Waals surface area contributed by atoms with Gasteiger partial charge >= 0.3 is 5.97 Å². The molecule has 116 valence electrons. The average molecular weight is 321 g/mol. The summed E-state index contributed by atoms with van der Waals surface area (Å²) in [5.74, 6) is -0.645. The topological polar surface area (TPSA) is 92.7 Å². The number of anilines is 1. The van der Waals surface area contributed by atoms with Crippen LogP contribution in [0.1, 0.15) is 10.4 Å². The summed E-state index contributed by atoms with van der Waals surface area (Å²) in [6.45, 7) is 0. The zero-order chi connectivity index (χ0) is 16.3. The van der Waals surface area contributed by atoms with Crippen LogP contribution in [0.5, 0.6) is 5.75 Å². The molecule has 0 aliphatic rings. The maximum Gasteiger partial charge on any atom is 0.335 e. The number of carboxylic acid groups (broad SMARTS) is 1. The van der Waals surface area contributed by atoms with Crippen molar-refractivity contribution in [3.8, 4) is 16.9 Å². The van der Waals surface area contributed by atoms with Crippen molar-refractivity contribution in [3.05, 3.63) is 48.0 Å². The fraction of sp³-hybridized carbons (Fsp3) is 0.133. The molecule has 2 rings (SSSR count). The number of carbonyl (C=O) groups is 1. The van der Waals surface area contributed by atoms with Gasteiger partial charge in [0, 0.05) is 11.3 Å². The first-order valence-corrected chi connectivity index (χ1v) is 8.19. The van der Waals surface area contributed by atoms with E-state index in [9.17, 15) is 13.2 Å². The van der Waals surface area contributed by atoms with Crippen molar-refractivity contribution >= 4 is 21.7 Å². The lowest BCUT2D eigenvalue weighted by molar-refractivity contribution is 0.0696. The molecule has 0 spiro atoms. The molecule has 0 unspecified atom stereocenters. The van der Waals surface area contributed by atoms with Gasteiger partial charge in [-0.25, -0.2) is 13.2 Å². The summed E-state index contributed by atoms with van der Waals surface area (Å²) >= 11 is 0. The number of aromatic carboxylic acids is 1. The van der Waals surface area contributed by atoms with Crippen LogP contribution >= 0.6 is 0 Å². The Morgan fingerprint density at radius 1 is 1.18 bits per heavy atom. The van der Waals surface area contributed by atoms with Gasteiger partial charge < -0.3 is 9.84 Å². The van der Waals surface area contributed by atoms with E-state index in [4.69, 9.17) is 9.84 Å². The molecule has 0 saturated heterocycles. The highest BCUT2D eigenvalue weighted by atomic mass is 32.2. The maximum atomic E-state index is 11.3. The third kappa shape index (κ3) is 3.76. The molecule has 0 fully saturated rings. The Morgan fingerprint density at radius 2 is 1.91 bits per heavy atom. The largest absolute Gasteiger partial charge is 0.496 e. The van der Waals surface area contributed by atoms with Crippen LogP contribution in [-0.2, 0) is 10.0 Å². The van der Waals surface area contributed by atoms with Crippen molar-refractivity contribution in [3.63, 3.8) is 0 Å². The van der Waals surface area contributed by atoms with Gasteiger partial charge in [-0.1, -0.05) is 12.1 Å². The van der Waals surface area contributed by atoms with E-state index in [1.54, 1.807) is 30.3 Å². The summed E-state index contributed by atoms with van der Waals surface area (Å²) in [7, 11) is -1.92. The molecule has 2 aromatic rings. The zero-order valence-electron chi connectivity index (χ0n) is 12.0. The molecule has 0 aliphatic carbocycles. The van der Waals surface area contributed by atoms with Gasteiger partial charge in [0.25, 0.3) is 0 Å². The summed E-state index contributed by atoms with van der Waals surface area (Å²) in [4.78, 5) is 11.0. The van der Waals surface area contributed by atoms with Gasteiger partial charge in [0.1, 0.15) is 5.75 Å². The normalized spacial score (nSPS) is 11.0. The monoisotopic (exact) mass is 321 g/mol. The molecule has 0 aromatic heterocycles. The van der Waals surface area contributed by atoms with E-state index in [-0.39, 0.29) is 5.56 Å². The summed E-state index contributed by atoms with van der Waals surface area (Å²) < 4.78 is 30.2. The van der Waals surface area contributed by atoms with Crippen LogP contribution in [-0.4, -0.2) is 32.9 Å². The second-order valence-corrected chi connectivity index (χ2v) is 6.42. The number of rotatable bonds is 5. The fourth-order valence-corrected chi connectivity index (χ4v) is 2.58. The number of hydrogen-bond donors (Lipinski definition) is 2. The molecule has 22 heavy (non-hydrogen) atoms. The van der Waals surface area contributed by atoms with Gasteiger partial charge in [-0.3, -0.25) is 4.72 Å². The van der Waals surface area contributed by atoms with Crippen molar-refractivity contribution in [1.29, 1.82) is 0 Å². The molecule has 0 amide bonds. The molecule has 7 heteroatoms. The van der Waals surface area contributed by atoms with Gasteiger partial charge in [-0.05, 0) is 35.9 Å². The number of methoxy groups -OCH3 is 1. The van der Waals surface area contributed by atoms with Crippen molar-refractivity contribution in [2.24, 2.45) is 0 Å². The van der Waals surface area contributed by atoms with Gasteiger partial charge in [0.15, 0.2) is 0 Å². The van der Waals surface area contributed by atoms with Crippen LogP contribution in [0.4, 0.5) is 5.69 Å². The van der Waals surface area contributed by atoms with Crippen LogP contribution in [0.2, 0.25) is 0 Å². The number of hydrogen-bond acceptors (Lipinski definition) is 4. The summed E-state index contributed by atoms with van der Waals surface area (Å²) in [5.41, 5.74) is 1.92. The third-order valence-corrected chi connectivity index (χ3v) is 3.53. The zero-order valence-corrected chi connectivity index (χ0v) is 12.8. The van der Waals surface area contributed by atoms with Crippen LogP contribution in [0.15, 0.2) is 42.5 Å². The third-order valence-electron chi connectivity index (χ3n) is 2.93. The SMILES string of the molecule is COc1cc(C(=O)O)ccc1-c1cccc(NS(C)(=O)=O)c1. The van der Waals surface area contributed by atoms with E-state index < -0.39 is 16.0 Å². The number of benzene rings is 2. The molecule has 2 aromatic carbocycles. The molecule has 0 atom stereocenters. The van der Waals surface area contributed by atoms with E-state index >= 15 is 0 Å². The van der Waals surface area contributed by atoms with Gasteiger partial charge in [-0.2, -0.15) is 0 Å². The fourth-order valence-electron chi connectivity index (χ4n) is 2.03. The quantitative estimate of drug-likeness (QED) is 0.882. The molecule has 0 radical (unpaired) electrons. The number of sulfonamides is 1. The van der Waals surface area contributed by atoms with E-state index in [1.165, 1.54) is 19.2 Å². The Balaban J connectivity index is 2.48. The van der Waals surface area contributed by atoms with Crippen molar-refractivity contribution in [2.45, 2.75) is 0 Å². The predicted molar refractivity (Wildman–Crippen MR) is 83.9 cm³/mol. The average Bonchev–Trinajstić information content (AvgIpc) is 2.45. The standard InChI is InChI=1S/C15H15NO5S/c1-21-14-9-11(15(17)18)6-7-13(14)10-4-3-5-12(8-10)16-22(2,19)20/h3-9,16H,1-2H3,(H,17,18). The van der Waals surface area contributed by atoms with Crippen molar-refractivity contribution in [1.82, 2.24) is 0 Å². The second-order valence-electron chi connectivity index (χ2n) is 4.68. The number of nitrogens with one attached hydrogen (secondary N) is 1. The molecular weight excluding hydrogens is 306 g/mol. The van der Waals surface area contributed by atoms with Crippen molar-refractivity contribution < 1.29 is 23.1 Å². The molecule has 0 saturated carbocycles. The minimum Gasteiger partial charge on any atom is -0.496 e. The number of ether oxygens (including phenoxy) is 1. The highest BCUT2D eigenvalue weighted by Gasteiger charge is 2.11. The highest BCUT2D eigenvalue weighted by molar-refractivity contribution is 7.92. The van der Waals surface area contributed by atoms with Gasteiger partial charge in [0.05, 0.1) is 18.9 Å². The first-order chi connectivity index (χ1) is 10.3. The Labute approximate surface area is 128 Å². The molecule has 0 heterocycles. The van der Waals surface area contributed by atoms with E-state index in [1.807, 2.05) is 0 Å². The second kappa shape index (κ2) is 6.07. The Morgan fingerprint density at radius 3 is 2.50 bits per heavy atom. The maximum absolute atomic E-state index is 11.3. The first kappa shape index (κ1) is 15.8. The van der Waals surface area contributed by atoms with Gasteiger partial charge in [-0.15, -0.1) is 0 Å². The molecule has 0 bridgehead atoms. The smallest absolute Gasteiger partial charge is 0.335 e. The molecule has 2 N–H and O–H groups in total. The van der Waals surface area contributed by atoms with E-state index in [0.717, 1.165) is 6.26 Å². The lowest BCUT2D eigenvalue weighted by atomic mass is 10.0. The first-order valence-electron chi connectivity index (χ1n) is 6.30. The van der Waals surface area contributed by atoms with Crippen LogP contribution in [0.25, 0.3) is 11.1 Å². The molecule has 6 nitrogen and oxygen atoms in total. The Kier molecular flexibility index (Phi) is 4.37. The van der Waals surface area contributed by atoms with E-state index in [2.05, 4.69) is 4.72 Å². The summed E-state index contributed by atoms with van der Waals surface area (Å²) in [6, 6.07) is 11.3. The Hall–Kier alpha value is -2.54. The molecule has 0 aliphatic heterocycles. The van der Waals surface area contributed by atoms with Crippen LogP contribution in [0, 0.1) is 0 Å². The van der Waals surface area contributed by atoms with Crippen LogP contribution < -0.4 is 9.46 Å². The highest BCUT2D eigenvalue weighted by Crippen LogP contribution is 2.32. The number of carboxylic acids is 1.